The summed E-state index contributed by atoms with van der Waals surface area (Å²) >= 11 is 1.40. The highest BCUT2D eigenvalue weighted by atomic mass is 32.1. The normalized spacial score (nSPS) is 12.1. The van der Waals surface area contributed by atoms with E-state index in [-0.39, 0.29) is 11.9 Å². The number of aryl methyl sites for hydroxylation is 1. The minimum absolute atomic E-state index is 0.0970. The number of hydrogen-bond acceptors (Lipinski definition) is 5. The molecule has 7 heteroatoms. The summed E-state index contributed by atoms with van der Waals surface area (Å²) in [5.74, 6) is 0.638. The van der Waals surface area contributed by atoms with Crippen LogP contribution in [0.2, 0.25) is 0 Å². The minimum atomic E-state index is -0.111. The van der Waals surface area contributed by atoms with Gasteiger partial charge in [0.25, 0.3) is 5.91 Å². The number of nitrogens with two attached hydrogens (primary N) is 1. The van der Waals surface area contributed by atoms with Crippen LogP contribution in [0.15, 0.2) is 48.8 Å². The van der Waals surface area contributed by atoms with Gasteiger partial charge in [0, 0.05) is 19.6 Å². The summed E-state index contributed by atoms with van der Waals surface area (Å²) in [6.45, 7) is 0.391. The number of nitrogens with zero attached hydrogens (tertiary/aromatic N) is 3. The molecule has 24 heavy (non-hydrogen) atoms. The molecule has 0 aliphatic heterocycles. The van der Waals surface area contributed by atoms with E-state index in [1.54, 1.807) is 10.7 Å². The van der Waals surface area contributed by atoms with Crippen molar-refractivity contribution in [3.8, 4) is 10.7 Å². The smallest absolute Gasteiger partial charge is 0.261 e. The molecule has 2 aromatic heterocycles. The molecular formula is C17H19N5OS. The monoisotopic (exact) mass is 341 g/mol. The van der Waals surface area contributed by atoms with Gasteiger partial charge in [-0.1, -0.05) is 30.3 Å². The summed E-state index contributed by atoms with van der Waals surface area (Å²) in [5.41, 5.74) is 6.97. The SMILES string of the molecule is Cn1ncnc1-c1ccc(C(=O)NC(CN)Cc2ccccc2)s1. The Morgan fingerprint density at radius 2 is 2.08 bits per heavy atom. The van der Waals surface area contributed by atoms with E-state index in [2.05, 4.69) is 15.4 Å². The number of thiophene rings is 1. The van der Waals surface area contributed by atoms with Crippen molar-refractivity contribution in [1.82, 2.24) is 20.1 Å². The first-order valence-corrected chi connectivity index (χ1v) is 8.48. The minimum Gasteiger partial charge on any atom is -0.347 e. The van der Waals surface area contributed by atoms with Gasteiger partial charge in [-0.3, -0.25) is 4.79 Å². The third-order valence-corrected chi connectivity index (χ3v) is 4.79. The molecule has 0 saturated heterocycles. The lowest BCUT2D eigenvalue weighted by Crippen LogP contribution is -2.41. The maximum Gasteiger partial charge on any atom is 0.261 e. The van der Waals surface area contributed by atoms with E-state index >= 15 is 0 Å². The molecule has 124 valence electrons. The first-order valence-electron chi connectivity index (χ1n) is 7.66. The summed E-state index contributed by atoms with van der Waals surface area (Å²) in [4.78, 5) is 18.2. The first kappa shape index (κ1) is 16.4. The van der Waals surface area contributed by atoms with Crippen molar-refractivity contribution >= 4 is 17.2 Å². The van der Waals surface area contributed by atoms with E-state index in [4.69, 9.17) is 5.73 Å². The van der Waals surface area contributed by atoms with Crippen LogP contribution in [-0.4, -0.2) is 33.3 Å². The van der Waals surface area contributed by atoms with Crippen LogP contribution in [0.3, 0.4) is 0 Å². The summed E-state index contributed by atoms with van der Waals surface area (Å²) in [7, 11) is 1.83. The van der Waals surface area contributed by atoms with Crippen molar-refractivity contribution in [2.45, 2.75) is 12.5 Å². The van der Waals surface area contributed by atoms with Crippen molar-refractivity contribution < 1.29 is 4.79 Å². The molecule has 6 nitrogen and oxygen atoms in total. The maximum atomic E-state index is 12.5. The van der Waals surface area contributed by atoms with Gasteiger partial charge in [0.1, 0.15) is 6.33 Å². The highest BCUT2D eigenvalue weighted by Gasteiger charge is 2.16. The molecule has 1 atom stereocenters. The number of carbonyl (C=O) groups excluding carboxylic acids is 1. The number of nitrogens with one attached hydrogen (secondary N) is 1. The number of carbonyl (C=O) groups is 1. The average Bonchev–Trinajstić information content (AvgIpc) is 3.23. The van der Waals surface area contributed by atoms with Crippen LogP contribution < -0.4 is 11.1 Å². The van der Waals surface area contributed by atoms with E-state index < -0.39 is 0 Å². The molecule has 0 aliphatic rings. The topological polar surface area (TPSA) is 85.8 Å². The Hall–Kier alpha value is -2.51. The van der Waals surface area contributed by atoms with E-state index in [0.29, 0.717) is 17.8 Å². The zero-order valence-corrected chi connectivity index (χ0v) is 14.2. The lowest BCUT2D eigenvalue weighted by molar-refractivity contribution is 0.0942. The van der Waals surface area contributed by atoms with E-state index in [0.717, 1.165) is 16.3 Å². The Kier molecular flexibility index (Phi) is 5.02. The summed E-state index contributed by atoms with van der Waals surface area (Å²) in [6, 6.07) is 13.6. The van der Waals surface area contributed by atoms with Crippen molar-refractivity contribution in [1.29, 1.82) is 0 Å². The fraction of sp³-hybridized carbons (Fsp3) is 0.235. The fourth-order valence-electron chi connectivity index (χ4n) is 2.45. The zero-order valence-electron chi connectivity index (χ0n) is 13.3. The van der Waals surface area contributed by atoms with Crippen molar-refractivity contribution in [2.75, 3.05) is 6.54 Å². The van der Waals surface area contributed by atoms with Gasteiger partial charge < -0.3 is 11.1 Å². The predicted molar refractivity (Wildman–Crippen MR) is 94.8 cm³/mol. The molecule has 3 rings (SSSR count). The Labute approximate surface area is 144 Å². The third-order valence-electron chi connectivity index (χ3n) is 3.71. The van der Waals surface area contributed by atoms with Crippen LogP contribution >= 0.6 is 11.3 Å². The van der Waals surface area contributed by atoms with Gasteiger partial charge >= 0.3 is 0 Å². The number of hydrogen-bond donors (Lipinski definition) is 2. The van der Waals surface area contributed by atoms with Crippen LogP contribution in [0.25, 0.3) is 10.7 Å². The fourth-order valence-corrected chi connectivity index (χ4v) is 3.38. The van der Waals surface area contributed by atoms with Gasteiger partial charge in [-0.05, 0) is 24.1 Å². The molecule has 0 radical (unpaired) electrons. The molecule has 1 unspecified atom stereocenters. The number of rotatable bonds is 6. The first-order chi connectivity index (χ1) is 11.7. The molecule has 0 bridgehead atoms. The van der Waals surface area contributed by atoms with Crippen molar-refractivity contribution in [2.24, 2.45) is 12.8 Å². The molecule has 1 aromatic carbocycles. The predicted octanol–water partition coefficient (Wildman–Crippen LogP) is 1.84. The lowest BCUT2D eigenvalue weighted by Gasteiger charge is -2.16. The van der Waals surface area contributed by atoms with Gasteiger partial charge in [0.2, 0.25) is 0 Å². The van der Waals surface area contributed by atoms with Crippen LogP contribution in [0, 0.1) is 0 Å². The van der Waals surface area contributed by atoms with Gasteiger partial charge in [-0.25, -0.2) is 9.67 Å². The molecule has 0 saturated carbocycles. The lowest BCUT2D eigenvalue weighted by atomic mass is 10.1. The second-order valence-corrected chi connectivity index (χ2v) is 6.55. The van der Waals surface area contributed by atoms with Crippen LogP contribution in [0.5, 0.6) is 0 Å². The van der Waals surface area contributed by atoms with E-state index in [1.165, 1.54) is 17.7 Å². The van der Waals surface area contributed by atoms with Crippen molar-refractivity contribution in [3.63, 3.8) is 0 Å². The largest absolute Gasteiger partial charge is 0.347 e. The molecule has 0 fully saturated rings. The van der Waals surface area contributed by atoms with Crippen LogP contribution in [0.1, 0.15) is 15.2 Å². The van der Waals surface area contributed by atoms with Gasteiger partial charge in [-0.15, -0.1) is 11.3 Å². The van der Waals surface area contributed by atoms with Crippen molar-refractivity contribution in [3.05, 3.63) is 59.2 Å². The van der Waals surface area contributed by atoms with Gasteiger partial charge in [-0.2, -0.15) is 5.10 Å². The highest BCUT2D eigenvalue weighted by molar-refractivity contribution is 7.17. The molecule has 0 aliphatic carbocycles. The summed E-state index contributed by atoms with van der Waals surface area (Å²) in [5, 5.41) is 7.06. The third kappa shape index (κ3) is 3.69. The molecule has 0 spiro atoms. The standard InChI is InChI=1S/C17H19N5OS/c1-22-16(19-11-20-22)14-7-8-15(24-14)17(23)21-13(10-18)9-12-5-3-2-4-6-12/h2-8,11,13H,9-10,18H2,1H3,(H,21,23). The molecule has 1 amide bonds. The van der Waals surface area contributed by atoms with Gasteiger partial charge in [0.15, 0.2) is 5.82 Å². The Bertz CT molecular complexity index is 811. The quantitative estimate of drug-likeness (QED) is 0.716. The molecular weight excluding hydrogens is 322 g/mol. The molecule has 3 aromatic rings. The Balaban J connectivity index is 1.68. The van der Waals surface area contributed by atoms with E-state index in [9.17, 15) is 4.79 Å². The number of benzene rings is 1. The maximum absolute atomic E-state index is 12.5. The highest BCUT2D eigenvalue weighted by Crippen LogP contribution is 2.25. The number of aromatic nitrogens is 3. The van der Waals surface area contributed by atoms with Crippen LogP contribution in [0.4, 0.5) is 0 Å². The van der Waals surface area contributed by atoms with Crippen LogP contribution in [-0.2, 0) is 13.5 Å². The average molecular weight is 341 g/mol. The summed E-state index contributed by atoms with van der Waals surface area (Å²) in [6.07, 6.45) is 2.21. The Morgan fingerprint density at radius 3 is 2.75 bits per heavy atom. The summed E-state index contributed by atoms with van der Waals surface area (Å²) < 4.78 is 1.69. The van der Waals surface area contributed by atoms with E-state index in [1.807, 2.05) is 43.4 Å². The zero-order chi connectivity index (χ0) is 16.9. The number of amides is 1. The second kappa shape index (κ2) is 7.37. The second-order valence-electron chi connectivity index (χ2n) is 5.47. The molecule has 3 N–H and O–H groups in total. The molecule has 2 heterocycles. The Morgan fingerprint density at radius 1 is 1.29 bits per heavy atom. The van der Waals surface area contributed by atoms with Gasteiger partial charge in [0.05, 0.1) is 9.75 Å².